The Morgan fingerprint density at radius 1 is 1.24 bits per heavy atom. The van der Waals surface area contributed by atoms with Gasteiger partial charge in [0.2, 0.25) is 11.6 Å². The van der Waals surface area contributed by atoms with E-state index in [1.807, 2.05) is 32.6 Å². The van der Waals surface area contributed by atoms with Gasteiger partial charge in [-0.2, -0.15) is 0 Å². The molecule has 9 heteroatoms. The number of halogens is 1. The second-order valence-electron chi connectivity index (χ2n) is 8.13. The number of nitrogens with zero attached hydrogens (tertiary/aromatic N) is 4. The summed E-state index contributed by atoms with van der Waals surface area (Å²) in [5.41, 5.74) is 0.206. The summed E-state index contributed by atoms with van der Waals surface area (Å²) >= 11 is 0. The van der Waals surface area contributed by atoms with Gasteiger partial charge >= 0.3 is 5.69 Å². The van der Waals surface area contributed by atoms with Crippen LogP contribution in [0.4, 0.5) is 21.7 Å². The molecule has 0 spiro atoms. The summed E-state index contributed by atoms with van der Waals surface area (Å²) in [7, 11) is 0. The van der Waals surface area contributed by atoms with E-state index in [9.17, 15) is 14.5 Å². The largest absolute Gasteiger partial charge is 0.372 e. The molecule has 0 saturated carbocycles. The molecule has 29 heavy (non-hydrogen) atoms. The quantitative estimate of drug-likeness (QED) is 0.582. The fourth-order valence-corrected chi connectivity index (χ4v) is 3.69. The maximum Gasteiger partial charge on any atom is 0.353 e. The van der Waals surface area contributed by atoms with Crippen molar-refractivity contribution in [3.05, 3.63) is 52.1 Å². The molecule has 1 N–H and O–H groups in total. The molecular formula is C20H26FN5O3. The Bertz CT molecular complexity index is 865. The third-order valence-corrected chi connectivity index (χ3v) is 4.72. The van der Waals surface area contributed by atoms with Crippen molar-refractivity contribution in [3.8, 4) is 0 Å². The van der Waals surface area contributed by atoms with Gasteiger partial charge in [-0.1, -0.05) is 12.1 Å². The van der Waals surface area contributed by atoms with Crippen molar-refractivity contribution >= 4 is 17.3 Å². The van der Waals surface area contributed by atoms with Crippen LogP contribution in [0, 0.1) is 15.9 Å². The first kappa shape index (κ1) is 20.9. The van der Waals surface area contributed by atoms with Gasteiger partial charge in [0.25, 0.3) is 0 Å². The predicted molar refractivity (Wildman–Crippen MR) is 109 cm³/mol. The van der Waals surface area contributed by atoms with Crippen molar-refractivity contribution in [2.75, 3.05) is 23.3 Å². The third-order valence-electron chi connectivity index (χ3n) is 4.72. The summed E-state index contributed by atoms with van der Waals surface area (Å²) in [6.07, 6.45) is 1.76. The number of nitro groups is 1. The van der Waals surface area contributed by atoms with Crippen molar-refractivity contribution in [2.45, 2.75) is 51.9 Å². The van der Waals surface area contributed by atoms with E-state index in [1.54, 1.807) is 12.1 Å². The lowest BCUT2D eigenvalue weighted by Crippen LogP contribution is -2.46. The van der Waals surface area contributed by atoms with Gasteiger partial charge in [-0.25, -0.2) is 14.4 Å². The van der Waals surface area contributed by atoms with Crippen LogP contribution in [0.2, 0.25) is 0 Å². The molecule has 2 unspecified atom stereocenters. The highest BCUT2D eigenvalue weighted by molar-refractivity contribution is 5.71. The summed E-state index contributed by atoms with van der Waals surface area (Å²) in [4.78, 5) is 21.7. The van der Waals surface area contributed by atoms with E-state index in [-0.39, 0.29) is 35.3 Å². The molecule has 1 aromatic heterocycles. The van der Waals surface area contributed by atoms with Gasteiger partial charge in [-0.15, -0.1) is 0 Å². The first-order chi connectivity index (χ1) is 13.6. The van der Waals surface area contributed by atoms with E-state index in [0.717, 1.165) is 5.56 Å². The topological polar surface area (TPSA) is 93.4 Å². The zero-order valence-electron chi connectivity index (χ0n) is 17.1. The van der Waals surface area contributed by atoms with Crippen LogP contribution in [0.3, 0.4) is 0 Å². The summed E-state index contributed by atoms with van der Waals surface area (Å²) in [6.45, 7) is 8.73. The molecule has 0 radical (unpaired) electrons. The number of anilines is 2. The lowest BCUT2D eigenvalue weighted by atomic mass is 9.95. The smallest absolute Gasteiger partial charge is 0.353 e. The maximum absolute atomic E-state index is 13.2. The Labute approximate surface area is 169 Å². The summed E-state index contributed by atoms with van der Waals surface area (Å²) < 4.78 is 18.9. The van der Waals surface area contributed by atoms with Crippen molar-refractivity contribution in [1.82, 2.24) is 9.97 Å². The van der Waals surface area contributed by atoms with Crippen LogP contribution in [-0.4, -0.2) is 45.7 Å². The first-order valence-corrected chi connectivity index (χ1v) is 9.57. The Balaban J connectivity index is 1.88. The van der Waals surface area contributed by atoms with Gasteiger partial charge < -0.3 is 15.0 Å². The third kappa shape index (κ3) is 5.17. The Hall–Kier alpha value is -2.81. The highest BCUT2D eigenvalue weighted by atomic mass is 19.1. The van der Waals surface area contributed by atoms with E-state index in [0.29, 0.717) is 19.5 Å². The minimum absolute atomic E-state index is 0.0559. The average Bonchev–Trinajstić information content (AvgIpc) is 2.62. The molecule has 156 valence electrons. The predicted octanol–water partition coefficient (Wildman–Crippen LogP) is 3.57. The summed E-state index contributed by atoms with van der Waals surface area (Å²) in [6, 6.07) is 6.21. The SMILES string of the molecule is CC1CN(c2ncnc(NC(C)(C)Cc3ccc(F)cc3)c2[N+](=O)[O-])CC(C)O1. The molecule has 1 saturated heterocycles. The normalized spacial score (nSPS) is 19.8. The van der Waals surface area contributed by atoms with Gasteiger partial charge in [0, 0.05) is 18.6 Å². The average molecular weight is 403 g/mol. The molecule has 8 nitrogen and oxygen atoms in total. The van der Waals surface area contributed by atoms with Crippen LogP contribution in [0.15, 0.2) is 30.6 Å². The van der Waals surface area contributed by atoms with E-state index in [2.05, 4.69) is 15.3 Å². The molecule has 0 aliphatic carbocycles. The monoisotopic (exact) mass is 403 g/mol. The molecular weight excluding hydrogens is 377 g/mol. The maximum atomic E-state index is 13.2. The number of morpholine rings is 1. The van der Waals surface area contributed by atoms with Gasteiger partial charge in [-0.05, 0) is 51.8 Å². The van der Waals surface area contributed by atoms with E-state index >= 15 is 0 Å². The molecule has 1 aliphatic rings. The van der Waals surface area contributed by atoms with Crippen LogP contribution < -0.4 is 10.2 Å². The van der Waals surface area contributed by atoms with Crippen molar-refractivity contribution < 1.29 is 14.1 Å². The lowest BCUT2D eigenvalue weighted by molar-refractivity contribution is -0.383. The van der Waals surface area contributed by atoms with Crippen molar-refractivity contribution in [2.24, 2.45) is 0 Å². The summed E-state index contributed by atoms with van der Waals surface area (Å²) in [5, 5.41) is 15.1. The highest BCUT2D eigenvalue weighted by Gasteiger charge is 2.33. The molecule has 1 aromatic carbocycles. The Kier molecular flexibility index (Phi) is 5.97. The number of hydrogen-bond acceptors (Lipinski definition) is 7. The molecule has 1 aliphatic heterocycles. The number of rotatable bonds is 6. The second-order valence-corrected chi connectivity index (χ2v) is 8.13. The minimum Gasteiger partial charge on any atom is -0.372 e. The Morgan fingerprint density at radius 3 is 2.45 bits per heavy atom. The van der Waals surface area contributed by atoms with E-state index in [4.69, 9.17) is 4.74 Å². The van der Waals surface area contributed by atoms with E-state index in [1.165, 1.54) is 18.5 Å². The molecule has 3 rings (SSSR count). The van der Waals surface area contributed by atoms with Crippen LogP contribution >= 0.6 is 0 Å². The molecule has 0 bridgehead atoms. The van der Waals surface area contributed by atoms with Gasteiger partial charge in [0.05, 0.1) is 17.1 Å². The molecule has 0 amide bonds. The van der Waals surface area contributed by atoms with Crippen molar-refractivity contribution in [1.29, 1.82) is 0 Å². The van der Waals surface area contributed by atoms with Gasteiger partial charge in [-0.3, -0.25) is 10.1 Å². The van der Waals surface area contributed by atoms with Crippen LogP contribution in [-0.2, 0) is 11.2 Å². The fraction of sp³-hybridized carbons (Fsp3) is 0.500. The number of benzene rings is 1. The first-order valence-electron chi connectivity index (χ1n) is 9.57. The lowest BCUT2D eigenvalue weighted by Gasteiger charge is -2.36. The van der Waals surface area contributed by atoms with Crippen LogP contribution in [0.5, 0.6) is 0 Å². The zero-order valence-corrected chi connectivity index (χ0v) is 17.1. The molecule has 1 fully saturated rings. The van der Waals surface area contributed by atoms with Crippen LogP contribution in [0.25, 0.3) is 0 Å². The minimum atomic E-state index is -0.556. The number of aromatic nitrogens is 2. The van der Waals surface area contributed by atoms with Crippen molar-refractivity contribution in [3.63, 3.8) is 0 Å². The molecule has 2 aromatic rings. The standard InChI is InChI=1S/C20H26FN5O3/c1-13-10-25(11-14(2)29-13)19-17(26(27)28)18(22-12-23-19)24-20(3,4)9-15-5-7-16(21)8-6-15/h5-8,12-14H,9-11H2,1-4H3,(H,22,23,24). The Morgan fingerprint density at radius 2 is 1.86 bits per heavy atom. The molecule has 2 heterocycles. The number of hydrogen-bond donors (Lipinski definition) is 1. The summed E-state index contributed by atoms with van der Waals surface area (Å²) in [5.74, 6) is 0.149. The van der Waals surface area contributed by atoms with Crippen LogP contribution in [0.1, 0.15) is 33.3 Å². The fourth-order valence-electron chi connectivity index (χ4n) is 3.69. The number of nitrogens with one attached hydrogen (secondary N) is 1. The second kappa shape index (κ2) is 8.28. The zero-order chi connectivity index (χ0) is 21.2. The number of ether oxygens (including phenoxy) is 1. The highest BCUT2D eigenvalue weighted by Crippen LogP contribution is 2.35. The van der Waals surface area contributed by atoms with Gasteiger partial charge in [0.1, 0.15) is 12.1 Å². The van der Waals surface area contributed by atoms with E-state index < -0.39 is 10.5 Å². The molecule has 2 atom stereocenters. The van der Waals surface area contributed by atoms with Gasteiger partial charge in [0.15, 0.2) is 0 Å².